The Balaban J connectivity index is 2.26. The van der Waals surface area contributed by atoms with Crippen molar-refractivity contribution in [1.29, 1.82) is 0 Å². The highest BCUT2D eigenvalue weighted by Crippen LogP contribution is 2.26. The third-order valence-electron chi connectivity index (χ3n) is 3.58. The molecular weight excluding hydrogens is 344 g/mol. The number of nitrogens with one attached hydrogen (secondary N) is 1. The van der Waals surface area contributed by atoms with Gasteiger partial charge in [0.15, 0.2) is 9.84 Å². The van der Waals surface area contributed by atoms with Crippen molar-refractivity contribution in [2.75, 3.05) is 17.2 Å². The zero-order valence-corrected chi connectivity index (χ0v) is 13.8. The molecule has 3 N–H and O–H groups in total. The molecule has 0 bridgehead atoms. The minimum absolute atomic E-state index is 0.0196. The number of hydrogen-bond acceptors (Lipinski definition) is 4. The Kier molecular flexibility index (Phi) is 3.85. The van der Waals surface area contributed by atoms with E-state index in [9.17, 15) is 13.2 Å². The van der Waals surface area contributed by atoms with E-state index in [1.807, 2.05) is 0 Å². The second-order valence-corrected chi connectivity index (χ2v) is 8.62. The van der Waals surface area contributed by atoms with E-state index in [1.165, 1.54) is 0 Å². The number of benzene rings is 1. The van der Waals surface area contributed by atoms with Gasteiger partial charge in [-0.3, -0.25) is 4.79 Å². The van der Waals surface area contributed by atoms with Crippen LogP contribution in [0.1, 0.15) is 29.3 Å². The number of nitrogen functional groups attached to an aromatic ring is 1. The predicted molar refractivity (Wildman–Crippen MR) is 82.4 cm³/mol. The molecule has 1 atom stereocenters. The summed E-state index contributed by atoms with van der Waals surface area (Å²) in [4.78, 5) is 12.4. The molecule has 0 saturated carbocycles. The van der Waals surface area contributed by atoms with E-state index < -0.39 is 15.4 Å². The molecule has 110 valence electrons. The monoisotopic (exact) mass is 360 g/mol. The summed E-state index contributed by atoms with van der Waals surface area (Å²) < 4.78 is 23.8. The van der Waals surface area contributed by atoms with E-state index in [0.717, 1.165) is 4.47 Å². The van der Waals surface area contributed by atoms with Gasteiger partial charge in [-0.05, 0) is 38.0 Å². The first-order valence-electron chi connectivity index (χ1n) is 6.20. The maximum absolute atomic E-state index is 12.4. The number of amides is 1. The third kappa shape index (κ3) is 3.15. The van der Waals surface area contributed by atoms with E-state index in [2.05, 4.69) is 21.2 Å². The van der Waals surface area contributed by atoms with Crippen LogP contribution in [0.4, 0.5) is 5.69 Å². The molecule has 1 aliphatic heterocycles. The van der Waals surface area contributed by atoms with Crippen molar-refractivity contribution in [3.05, 3.63) is 27.7 Å². The molecule has 7 heteroatoms. The topological polar surface area (TPSA) is 89.3 Å². The summed E-state index contributed by atoms with van der Waals surface area (Å²) in [5, 5.41) is 2.83. The van der Waals surface area contributed by atoms with Gasteiger partial charge in [0.25, 0.3) is 5.91 Å². The van der Waals surface area contributed by atoms with Gasteiger partial charge in [-0.1, -0.05) is 15.9 Å². The summed E-state index contributed by atoms with van der Waals surface area (Å²) in [5.41, 5.74) is 6.80. The molecule has 2 rings (SSSR count). The number of sulfone groups is 1. The first-order chi connectivity index (χ1) is 9.12. The highest BCUT2D eigenvalue weighted by atomic mass is 79.9. The van der Waals surface area contributed by atoms with Crippen molar-refractivity contribution in [1.82, 2.24) is 5.32 Å². The molecule has 1 unspecified atom stereocenters. The summed E-state index contributed by atoms with van der Waals surface area (Å²) in [6.07, 6.45) is 0.434. The standard InChI is InChI=1S/C13H17BrN2O3S/c1-8-10(5-9(14)6-11(8)15)12(17)16-13(2)3-4-20(18,19)7-13/h5-6H,3-4,7,15H2,1-2H3,(H,16,17). The van der Waals surface area contributed by atoms with E-state index in [1.54, 1.807) is 26.0 Å². The lowest BCUT2D eigenvalue weighted by Crippen LogP contribution is -2.47. The second kappa shape index (κ2) is 5.04. The number of carbonyl (C=O) groups is 1. The molecule has 1 amide bonds. The van der Waals surface area contributed by atoms with Crippen LogP contribution in [0.2, 0.25) is 0 Å². The van der Waals surface area contributed by atoms with Crippen LogP contribution < -0.4 is 11.1 Å². The SMILES string of the molecule is Cc1c(N)cc(Br)cc1C(=O)NC1(C)CCS(=O)(=O)C1. The molecule has 0 aromatic heterocycles. The van der Waals surface area contributed by atoms with Crippen LogP contribution >= 0.6 is 15.9 Å². The van der Waals surface area contributed by atoms with Gasteiger partial charge in [0.2, 0.25) is 0 Å². The van der Waals surface area contributed by atoms with Crippen LogP contribution in [-0.2, 0) is 9.84 Å². The average molecular weight is 361 g/mol. The van der Waals surface area contributed by atoms with Crippen LogP contribution in [0.3, 0.4) is 0 Å². The number of nitrogens with two attached hydrogens (primary N) is 1. The molecule has 1 heterocycles. The van der Waals surface area contributed by atoms with E-state index >= 15 is 0 Å². The number of anilines is 1. The Bertz CT molecular complexity index is 672. The minimum Gasteiger partial charge on any atom is -0.398 e. The fourth-order valence-corrected chi connectivity index (χ4v) is 4.96. The highest BCUT2D eigenvalue weighted by molar-refractivity contribution is 9.10. The molecule has 20 heavy (non-hydrogen) atoms. The summed E-state index contributed by atoms with van der Waals surface area (Å²) in [6.45, 7) is 3.52. The largest absolute Gasteiger partial charge is 0.398 e. The van der Waals surface area contributed by atoms with Gasteiger partial charge in [0.05, 0.1) is 17.0 Å². The Morgan fingerprint density at radius 3 is 2.65 bits per heavy atom. The molecule has 1 saturated heterocycles. The summed E-state index contributed by atoms with van der Waals surface area (Å²) in [5.74, 6) is -0.201. The normalized spacial score (nSPS) is 24.6. The van der Waals surface area contributed by atoms with Gasteiger partial charge in [-0.25, -0.2) is 8.42 Å². The van der Waals surface area contributed by atoms with E-state index in [-0.39, 0.29) is 17.4 Å². The number of halogens is 1. The van der Waals surface area contributed by atoms with Crippen LogP contribution in [0.25, 0.3) is 0 Å². The molecule has 1 aromatic carbocycles. The Morgan fingerprint density at radius 1 is 1.45 bits per heavy atom. The Morgan fingerprint density at radius 2 is 2.10 bits per heavy atom. The number of hydrogen-bond donors (Lipinski definition) is 2. The van der Waals surface area contributed by atoms with Gasteiger partial charge >= 0.3 is 0 Å². The summed E-state index contributed by atoms with van der Waals surface area (Å²) >= 11 is 3.30. The molecule has 1 aliphatic rings. The Labute approximate surface area is 127 Å². The second-order valence-electron chi connectivity index (χ2n) is 5.52. The van der Waals surface area contributed by atoms with Crippen molar-refractivity contribution >= 4 is 37.4 Å². The molecule has 0 radical (unpaired) electrons. The molecule has 1 fully saturated rings. The first kappa shape index (κ1) is 15.3. The number of rotatable bonds is 2. The van der Waals surface area contributed by atoms with Gasteiger partial charge < -0.3 is 11.1 Å². The van der Waals surface area contributed by atoms with Crippen LogP contribution in [-0.4, -0.2) is 31.4 Å². The van der Waals surface area contributed by atoms with Gasteiger partial charge in [-0.2, -0.15) is 0 Å². The molecule has 5 nitrogen and oxygen atoms in total. The van der Waals surface area contributed by atoms with Gasteiger partial charge in [0.1, 0.15) is 0 Å². The third-order valence-corrected chi connectivity index (χ3v) is 5.94. The van der Waals surface area contributed by atoms with Crippen molar-refractivity contribution < 1.29 is 13.2 Å². The van der Waals surface area contributed by atoms with Gasteiger partial charge in [-0.15, -0.1) is 0 Å². The maximum atomic E-state index is 12.4. The maximum Gasteiger partial charge on any atom is 0.252 e. The summed E-state index contributed by atoms with van der Waals surface area (Å²) in [6, 6.07) is 3.42. The lowest BCUT2D eigenvalue weighted by molar-refractivity contribution is 0.0914. The lowest BCUT2D eigenvalue weighted by atomic mass is 10.00. The fourth-order valence-electron chi connectivity index (χ4n) is 2.39. The smallest absolute Gasteiger partial charge is 0.252 e. The zero-order valence-electron chi connectivity index (χ0n) is 11.4. The lowest BCUT2D eigenvalue weighted by Gasteiger charge is -2.24. The van der Waals surface area contributed by atoms with Crippen LogP contribution in [0.15, 0.2) is 16.6 Å². The van der Waals surface area contributed by atoms with Crippen LogP contribution in [0, 0.1) is 6.92 Å². The predicted octanol–water partition coefficient (Wildman–Crippen LogP) is 1.65. The molecule has 0 aliphatic carbocycles. The van der Waals surface area contributed by atoms with Crippen molar-refractivity contribution in [2.24, 2.45) is 0 Å². The average Bonchev–Trinajstić information content (AvgIpc) is 2.57. The van der Waals surface area contributed by atoms with E-state index in [0.29, 0.717) is 23.2 Å². The molecule has 1 aromatic rings. The van der Waals surface area contributed by atoms with Crippen molar-refractivity contribution in [3.63, 3.8) is 0 Å². The first-order valence-corrected chi connectivity index (χ1v) is 8.82. The highest BCUT2D eigenvalue weighted by Gasteiger charge is 2.39. The van der Waals surface area contributed by atoms with Crippen molar-refractivity contribution in [3.8, 4) is 0 Å². The van der Waals surface area contributed by atoms with Crippen molar-refractivity contribution in [2.45, 2.75) is 25.8 Å². The summed E-state index contributed by atoms with van der Waals surface area (Å²) in [7, 11) is -3.06. The number of carbonyl (C=O) groups excluding carboxylic acids is 1. The minimum atomic E-state index is -3.06. The van der Waals surface area contributed by atoms with E-state index in [4.69, 9.17) is 5.73 Å². The fraction of sp³-hybridized carbons (Fsp3) is 0.462. The molecular formula is C13H17BrN2O3S. The van der Waals surface area contributed by atoms with Gasteiger partial charge in [0, 0.05) is 15.7 Å². The van der Waals surface area contributed by atoms with Crippen LogP contribution in [0.5, 0.6) is 0 Å². The Hall–Kier alpha value is -1.08. The molecule has 0 spiro atoms. The zero-order chi connectivity index (χ0) is 15.1. The quantitative estimate of drug-likeness (QED) is 0.784.